The second-order valence-corrected chi connectivity index (χ2v) is 7.80. The van der Waals surface area contributed by atoms with Gasteiger partial charge in [-0.15, -0.1) is 0 Å². The number of amides is 1. The van der Waals surface area contributed by atoms with E-state index >= 15 is 0 Å². The minimum Gasteiger partial charge on any atom is -0.507 e. The number of nitrogens with zero attached hydrogens (tertiary/aromatic N) is 1. The second kappa shape index (κ2) is 7.21. The van der Waals surface area contributed by atoms with Gasteiger partial charge in [0.2, 0.25) is 10.0 Å². The largest absolute Gasteiger partial charge is 0.507 e. The number of hydrogen-bond acceptors (Lipinski definition) is 4. The third-order valence-electron chi connectivity index (χ3n) is 3.37. The van der Waals surface area contributed by atoms with Gasteiger partial charge < -0.3 is 10.4 Å². The first kappa shape index (κ1) is 18.3. The van der Waals surface area contributed by atoms with Crippen molar-refractivity contribution in [2.24, 2.45) is 0 Å². The van der Waals surface area contributed by atoms with Crippen LogP contribution in [0.3, 0.4) is 0 Å². The van der Waals surface area contributed by atoms with Crippen LogP contribution < -0.4 is 5.32 Å². The molecule has 0 radical (unpaired) electrons. The molecule has 0 saturated heterocycles. The Kier molecular flexibility index (Phi) is 5.48. The van der Waals surface area contributed by atoms with E-state index in [1.54, 1.807) is 18.2 Å². The van der Waals surface area contributed by atoms with Crippen LogP contribution in [0.2, 0.25) is 5.02 Å². The number of carbonyl (C=O) groups excluding carboxylic acids is 1. The summed E-state index contributed by atoms with van der Waals surface area (Å²) in [5.41, 5.74) is 0.469. The molecule has 0 aliphatic heterocycles. The van der Waals surface area contributed by atoms with Gasteiger partial charge in [0.25, 0.3) is 5.91 Å². The number of nitrogens with one attached hydrogen (secondary N) is 1. The number of halogens is 1. The van der Waals surface area contributed by atoms with Gasteiger partial charge in [0.15, 0.2) is 0 Å². The smallest absolute Gasteiger partial charge is 0.255 e. The first-order chi connectivity index (χ1) is 11.2. The average Bonchev–Trinajstić information content (AvgIpc) is 2.55. The van der Waals surface area contributed by atoms with Crippen LogP contribution in [0.1, 0.15) is 15.9 Å². The third-order valence-corrected chi connectivity index (χ3v) is 5.52. The van der Waals surface area contributed by atoms with Crippen molar-refractivity contribution in [2.75, 3.05) is 14.1 Å². The summed E-state index contributed by atoms with van der Waals surface area (Å²) in [7, 11) is -0.745. The maximum absolute atomic E-state index is 12.3. The summed E-state index contributed by atoms with van der Waals surface area (Å²) in [6.07, 6.45) is 0. The van der Waals surface area contributed by atoms with Gasteiger partial charge in [-0.25, -0.2) is 12.7 Å². The summed E-state index contributed by atoms with van der Waals surface area (Å²) in [4.78, 5) is 12.3. The molecule has 128 valence electrons. The van der Waals surface area contributed by atoms with Gasteiger partial charge in [-0.3, -0.25) is 4.79 Å². The summed E-state index contributed by atoms with van der Waals surface area (Å²) in [6, 6.07) is 10.5. The van der Waals surface area contributed by atoms with Crippen molar-refractivity contribution in [2.45, 2.75) is 11.4 Å². The molecular formula is C16H17ClN2O4S. The van der Waals surface area contributed by atoms with Gasteiger partial charge in [0, 0.05) is 25.7 Å². The van der Waals surface area contributed by atoms with E-state index in [2.05, 4.69) is 5.32 Å². The number of phenols is 1. The highest BCUT2D eigenvalue weighted by molar-refractivity contribution is 7.89. The highest BCUT2D eigenvalue weighted by atomic mass is 35.5. The Morgan fingerprint density at radius 2 is 1.88 bits per heavy atom. The molecule has 24 heavy (non-hydrogen) atoms. The molecule has 0 aliphatic rings. The Labute approximate surface area is 145 Å². The van der Waals surface area contributed by atoms with E-state index in [-0.39, 0.29) is 22.8 Å². The molecule has 0 saturated carbocycles. The molecule has 0 atom stereocenters. The minimum absolute atomic E-state index is 0.00592. The van der Waals surface area contributed by atoms with E-state index in [4.69, 9.17) is 11.6 Å². The lowest BCUT2D eigenvalue weighted by atomic mass is 10.1. The van der Waals surface area contributed by atoms with Crippen molar-refractivity contribution in [3.63, 3.8) is 0 Å². The van der Waals surface area contributed by atoms with Crippen LogP contribution >= 0.6 is 11.6 Å². The zero-order valence-corrected chi connectivity index (χ0v) is 14.7. The van der Waals surface area contributed by atoms with E-state index < -0.39 is 15.9 Å². The molecule has 0 aliphatic carbocycles. The zero-order valence-electron chi connectivity index (χ0n) is 13.2. The van der Waals surface area contributed by atoms with Gasteiger partial charge in [0.1, 0.15) is 5.75 Å². The number of rotatable bonds is 5. The average molecular weight is 369 g/mol. The third kappa shape index (κ3) is 3.87. The van der Waals surface area contributed by atoms with E-state index in [0.717, 1.165) is 4.31 Å². The molecule has 0 heterocycles. The van der Waals surface area contributed by atoms with E-state index in [0.29, 0.717) is 10.6 Å². The van der Waals surface area contributed by atoms with E-state index in [1.165, 1.54) is 38.4 Å². The van der Waals surface area contributed by atoms with E-state index in [1.807, 2.05) is 0 Å². The van der Waals surface area contributed by atoms with Crippen LogP contribution in [0, 0.1) is 0 Å². The fourth-order valence-corrected chi connectivity index (χ4v) is 3.35. The number of phenolic OH excluding ortho intramolecular Hbond substituents is 1. The van der Waals surface area contributed by atoms with Crippen molar-refractivity contribution < 1.29 is 18.3 Å². The van der Waals surface area contributed by atoms with Gasteiger partial charge in [-0.2, -0.15) is 0 Å². The molecule has 0 spiro atoms. The Hall–Kier alpha value is -2.09. The SMILES string of the molecule is CN(C)S(=O)(=O)c1ccccc1CNC(=O)c1cc(Cl)ccc1O. The van der Waals surface area contributed by atoms with Crippen molar-refractivity contribution in [1.82, 2.24) is 9.62 Å². The van der Waals surface area contributed by atoms with Crippen molar-refractivity contribution in [1.29, 1.82) is 0 Å². The summed E-state index contributed by atoms with van der Waals surface area (Å²) < 4.78 is 25.8. The molecule has 0 bridgehead atoms. The highest BCUT2D eigenvalue weighted by Gasteiger charge is 2.21. The zero-order chi connectivity index (χ0) is 17.9. The second-order valence-electron chi connectivity index (χ2n) is 5.24. The van der Waals surface area contributed by atoms with Gasteiger partial charge in [0.05, 0.1) is 10.5 Å². The summed E-state index contributed by atoms with van der Waals surface area (Å²) in [5.74, 6) is -0.752. The Bertz CT molecular complexity index is 866. The summed E-state index contributed by atoms with van der Waals surface area (Å²) >= 11 is 5.82. The molecule has 2 aromatic carbocycles. The fourth-order valence-electron chi connectivity index (χ4n) is 2.06. The van der Waals surface area contributed by atoms with Gasteiger partial charge in [-0.05, 0) is 29.8 Å². The molecular weight excluding hydrogens is 352 g/mol. The lowest BCUT2D eigenvalue weighted by Gasteiger charge is -2.15. The van der Waals surface area contributed by atoms with Crippen LogP contribution in [-0.2, 0) is 16.6 Å². The molecule has 1 amide bonds. The van der Waals surface area contributed by atoms with Gasteiger partial charge >= 0.3 is 0 Å². The van der Waals surface area contributed by atoms with Crippen LogP contribution in [0.15, 0.2) is 47.4 Å². The highest BCUT2D eigenvalue weighted by Crippen LogP contribution is 2.22. The predicted molar refractivity (Wildman–Crippen MR) is 91.6 cm³/mol. The van der Waals surface area contributed by atoms with Crippen molar-refractivity contribution >= 4 is 27.5 Å². The van der Waals surface area contributed by atoms with E-state index in [9.17, 15) is 18.3 Å². The fraction of sp³-hybridized carbons (Fsp3) is 0.188. The van der Waals surface area contributed by atoms with Crippen LogP contribution in [0.4, 0.5) is 0 Å². The molecule has 8 heteroatoms. The normalized spacial score (nSPS) is 11.5. The van der Waals surface area contributed by atoms with Crippen molar-refractivity contribution in [3.8, 4) is 5.75 Å². The topological polar surface area (TPSA) is 86.7 Å². The van der Waals surface area contributed by atoms with Gasteiger partial charge in [-0.1, -0.05) is 29.8 Å². The standard InChI is InChI=1S/C16H17ClN2O4S/c1-19(2)24(22,23)15-6-4-3-5-11(15)10-18-16(21)13-9-12(17)7-8-14(13)20/h3-9,20H,10H2,1-2H3,(H,18,21). The minimum atomic E-state index is -3.62. The summed E-state index contributed by atoms with van der Waals surface area (Å²) in [6.45, 7) is -0.00592. The number of carbonyl (C=O) groups is 1. The molecule has 2 N–H and O–H groups in total. The lowest BCUT2D eigenvalue weighted by Crippen LogP contribution is -2.27. The Balaban J connectivity index is 2.24. The number of aromatic hydroxyl groups is 1. The number of sulfonamides is 1. The van der Waals surface area contributed by atoms with Crippen LogP contribution in [0.5, 0.6) is 5.75 Å². The van der Waals surface area contributed by atoms with Crippen LogP contribution in [0.25, 0.3) is 0 Å². The summed E-state index contributed by atoms with van der Waals surface area (Å²) in [5, 5.41) is 12.6. The predicted octanol–water partition coefficient (Wildman–Crippen LogP) is 2.23. The quantitative estimate of drug-likeness (QED) is 0.847. The maximum atomic E-state index is 12.3. The molecule has 0 fully saturated rings. The monoisotopic (exact) mass is 368 g/mol. The lowest BCUT2D eigenvalue weighted by molar-refractivity contribution is 0.0948. The Morgan fingerprint density at radius 3 is 2.54 bits per heavy atom. The Morgan fingerprint density at radius 1 is 1.21 bits per heavy atom. The van der Waals surface area contributed by atoms with Crippen molar-refractivity contribution in [3.05, 3.63) is 58.6 Å². The first-order valence-corrected chi connectivity index (χ1v) is 8.82. The number of benzene rings is 2. The molecule has 2 aromatic rings. The molecule has 6 nitrogen and oxygen atoms in total. The molecule has 0 aromatic heterocycles. The molecule has 0 unspecified atom stereocenters. The van der Waals surface area contributed by atoms with Crippen LogP contribution in [-0.4, -0.2) is 37.8 Å². The first-order valence-electron chi connectivity index (χ1n) is 7.00. The maximum Gasteiger partial charge on any atom is 0.255 e. The number of hydrogen-bond donors (Lipinski definition) is 2. The molecule has 2 rings (SSSR count).